The van der Waals surface area contributed by atoms with Crippen molar-refractivity contribution in [2.75, 3.05) is 30.7 Å². The van der Waals surface area contributed by atoms with Crippen LogP contribution < -0.4 is 16.4 Å². The number of β-amino-alcohol motifs (C(OH)–C–C–N with tert-alkyl or cyclic N) is 1. The predicted molar refractivity (Wildman–Crippen MR) is 167 cm³/mol. The average molecular weight is 603 g/mol. The van der Waals surface area contributed by atoms with Gasteiger partial charge >= 0.3 is 0 Å². The number of benzene rings is 3. The van der Waals surface area contributed by atoms with Gasteiger partial charge < -0.3 is 36.1 Å². The molecule has 0 aliphatic carbocycles. The second-order valence-corrected chi connectivity index (χ2v) is 11.6. The van der Waals surface area contributed by atoms with Crippen LogP contribution in [-0.2, 0) is 32.2 Å². The summed E-state index contributed by atoms with van der Waals surface area (Å²) in [4.78, 5) is 26.8. The van der Waals surface area contributed by atoms with Crippen LogP contribution in [0.3, 0.4) is 0 Å². The van der Waals surface area contributed by atoms with E-state index >= 15 is 0 Å². The summed E-state index contributed by atoms with van der Waals surface area (Å²) in [6.45, 7) is 2.58. The number of rotatable bonds is 12. The first kappa shape index (κ1) is 31.6. The molecule has 0 unspecified atom stereocenters. The molecule has 0 spiro atoms. The van der Waals surface area contributed by atoms with Crippen molar-refractivity contribution in [2.24, 2.45) is 0 Å². The summed E-state index contributed by atoms with van der Waals surface area (Å²) in [5, 5.41) is 25.1. The van der Waals surface area contributed by atoms with Gasteiger partial charge in [0.1, 0.15) is 0 Å². The SMILES string of the molecule is Nc1ccccc1NC(=O)CCCC(=O)NCc1ccc([C@H]2O[C@@H](CN3CC[C@H](O)C3)C[C@@H](c3ccc(CO)cc3)O2)cc1. The first-order valence-corrected chi connectivity index (χ1v) is 15.3. The first-order chi connectivity index (χ1) is 21.4. The van der Waals surface area contributed by atoms with E-state index in [9.17, 15) is 19.8 Å². The number of aliphatic hydroxyl groups excluding tert-OH is 2. The number of hydrogen-bond donors (Lipinski definition) is 5. The zero-order valence-electron chi connectivity index (χ0n) is 24.9. The van der Waals surface area contributed by atoms with E-state index in [0.717, 1.165) is 35.2 Å². The number of hydrogen-bond acceptors (Lipinski definition) is 8. The van der Waals surface area contributed by atoms with Crippen LogP contribution in [-0.4, -0.2) is 58.8 Å². The number of carbonyl (C=O) groups is 2. The number of likely N-dealkylation sites (tertiary alicyclic amines) is 1. The Bertz CT molecular complexity index is 1380. The summed E-state index contributed by atoms with van der Waals surface area (Å²) in [5.74, 6) is -0.298. The van der Waals surface area contributed by atoms with Crippen LogP contribution in [0.1, 0.15) is 66.8 Å². The first-order valence-electron chi connectivity index (χ1n) is 15.3. The predicted octanol–water partition coefficient (Wildman–Crippen LogP) is 3.80. The van der Waals surface area contributed by atoms with Gasteiger partial charge in [-0.1, -0.05) is 60.7 Å². The maximum atomic E-state index is 12.4. The van der Waals surface area contributed by atoms with Gasteiger partial charge in [0, 0.05) is 51.0 Å². The minimum Gasteiger partial charge on any atom is -0.397 e. The fraction of sp³-hybridized carbons (Fsp3) is 0.412. The van der Waals surface area contributed by atoms with Crippen molar-refractivity contribution < 1.29 is 29.3 Å². The van der Waals surface area contributed by atoms with E-state index in [4.69, 9.17) is 15.2 Å². The molecule has 2 heterocycles. The number of carbonyl (C=O) groups excluding carboxylic acids is 2. The summed E-state index contributed by atoms with van der Waals surface area (Å²) in [5.41, 5.74) is 10.6. The largest absolute Gasteiger partial charge is 0.397 e. The van der Waals surface area contributed by atoms with E-state index in [1.807, 2.05) is 48.5 Å². The third kappa shape index (κ3) is 8.87. The number of nitrogen functional groups attached to an aromatic ring is 1. The number of ether oxygens (including phenoxy) is 2. The topological polar surface area (TPSA) is 146 Å². The highest BCUT2D eigenvalue weighted by Crippen LogP contribution is 2.38. The fourth-order valence-corrected chi connectivity index (χ4v) is 5.61. The fourth-order valence-electron chi connectivity index (χ4n) is 5.61. The van der Waals surface area contributed by atoms with Crippen molar-refractivity contribution in [3.8, 4) is 0 Å². The van der Waals surface area contributed by atoms with Gasteiger partial charge in [-0.2, -0.15) is 0 Å². The standard InChI is InChI=1S/C34H42N4O6/c35-29-4-1-2-5-30(29)37-33(42)7-3-6-32(41)36-19-23-8-14-26(15-9-23)34-43-28(21-38-17-16-27(40)20-38)18-31(44-34)25-12-10-24(22-39)11-13-25/h1-2,4-5,8-15,27-28,31,34,39-40H,3,6-7,16-22,35H2,(H,36,41)(H,37,42)/t27-,28+,31-,34-/m0/s1. The van der Waals surface area contributed by atoms with Crippen LogP contribution in [0.4, 0.5) is 11.4 Å². The number of anilines is 2. The van der Waals surface area contributed by atoms with Gasteiger partial charge in [0.05, 0.1) is 36.3 Å². The Morgan fingerprint density at radius 3 is 2.32 bits per heavy atom. The van der Waals surface area contributed by atoms with E-state index in [1.165, 1.54) is 0 Å². The monoisotopic (exact) mass is 602 g/mol. The molecule has 3 aromatic rings. The summed E-state index contributed by atoms with van der Waals surface area (Å²) in [7, 11) is 0. The Morgan fingerprint density at radius 1 is 0.909 bits per heavy atom. The maximum absolute atomic E-state index is 12.4. The second kappa shape index (κ2) is 15.3. The zero-order valence-corrected chi connectivity index (χ0v) is 24.9. The molecule has 6 N–H and O–H groups in total. The summed E-state index contributed by atoms with van der Waals surface area (Å²) >= 11 is 0. The molecular formula is C34H42N4O6. The molecule has 2 fully saturated rings. The minimum atomic E-state index is -0.565. The van der Waals surface area contributed by atoms with Crippen molar-refractivity contribution in [3.05, 3.63) is 95.1 Å². The van der Waals surface area contributed by atoms with Gasteiger partial charge in [-0.05, 0) is 41.7 Å². The molecule has 234 valence electrons. The molecule has 2 saturated heterocycles. The van der Waals surface area contributed by atoms with Crippen LogP contribution >= 0.6 is 0 Å². The van der Waals surface area contributed by atoms with Gasteiger partial charge in [-0.15, -0.1) is 0 Å². The molecule has 10 heteroatoms. The van der Waals surface area contributed by atoms with E-state index in [2.05, 4.69) is 15.5 Å². The number of nitrogens with zero attached hydrogens (tertiary/aromatic N) is 1. The zero-order chi connectivity index (χ0) is 30.9. The molecule has 5 rings (SSSR count). The number of para-hydroxylation sites is 2. The Balaban J connectivity index is 1.12. The Morgan fingerprint density at radius 2 is 1.61 bits per heavy atom. The second-order valence-electron chi connectivity index (χ2n) is 11.6. The molecule has 0 saturated carbocycles. The van der Waals surface area contributed by atoms with Gasteiger partial charge in [0.25, 0.3) is 0 Å². The number of aliphatic hydroxyl groups is 2. The number of amides is 2. The lowest BCUT2D eigenvalue weighted by atomic mass is 9.99. The summed E-state index contributed by atoms with van der Waals surface area (Å²) in [6, 6.07) is 22.7. The lowest BCUT2D eigenvalue weighted by Crippen LogP contribution is -2.38. The van der Waals surface area contributed by atoms with Crippen LogP contribution in [0.5, 0.6) is 0 Å². The van der Waals surface area contributed by atoms with Crippen LogP contribution in [0.2, 0.25) is 0 Å². The molecular weight excluding hydrogens is 560 g/mol. The van der Waals surface area contributed by atoms with Crippen molar-refractivity contribution in [3.63, 3.8) is 0 Å². The Hall–Kier alpha value is -3.80. The molecule has 4 atom stereocenters. The number of nitrogens with two attached hydrogens (primary N) is 1. The van der Waals surface area contributed by atoms with Crippen LogP contribution in [0, 0.1) is 0 Å². The Labute approximate surface area is 258 Å². The summed E-state index contributed by atoms with van der Waals surface area (Å²) in [6.07, 6.45) is 1.26. The van der Waals surface area contributed by atoms with E-state index in [-0.39, 0.29) is 49.6 Å². The maximum Gasteiger partial charge on any atom is 0.224 e. The van der Waals surface area contributed by atoms with E-state index < -0.39 is 6.29 Å². The van der Waals surface area contributed by atoms with Crippen molar-refractivity contribution in [1.82, 2.24) is 10.2 Å². The van der Waals surface area contributed by atoms with Gasteiger partial charge in [-0.25, -0.2) is 0 Å². The average Bonchev–Trinajstić information content (AvgIpc) is 3.45. The van der Waals surface area contributed by atoms with Gasteiger partial charge in [-0.3, -0.25) is 14.5 Å². The van der Waals surface area contributed by atoms with Crippen molar-refractivity contribution in [1.29, 1.82) is 0 Å². The third-order valence-electron chi connectivity index (χ3n) is 8.11. The molecule has 2 aliphatic rings. The Kier molecular flexibility index (Phi) is 11.0. The van der Waals surface area contributed by atoms with Crippen LogP contribution in [0.15, 0.2) is 72.8 Å². The van der Waals surface area contributed by atoms with Crippen molar-refractivity contribution in [2.45, 2.75) is 69.9 Å². The lowest BCUT2D eigenvalue weighted by Gasteiger charge is -2.37. The van der Waals surface area contributed by atoms with Gasteiger partial charge in [0.2, 0.25) is 11.8 Å². The normalized spacial score (nSPS) is 22.0. The third-order valence-corrected chi connectivity index (χ3v) is 8.11. The van der Waals surface area contributed by atoms with E-state index in [0.29, 0.717) is 43.9 Å². The number of nitrogens with one attached hydrogen (secondary N) is 2. The molecule has 0 radical (unpaired) electrons. The highest BCUT2D eigenvalue weighted by molar-refractivity contribution is 5.93. The van der Waals surface area contributed by atoms with Gasteiger partial charge in [0.15, 0.2) is 6.29 Å². The molecule has 3 aromatic carbocycles. The molecule has 2 amide bonds. The quantitative estimate of drug-likeness (QED) is 0.197. The molecule has 10 nitrogen and oxygen atoms in total. The molecule has 44 heavy (non-hydrogen) atoms. The van der Waals surface area contributed by atoms with E-state index in [1.54, 1.807) is 24.3 Å². The van der Waals surface area contributed by atoms with Crippen molar-refractivity contribution >= 4 is 23.2 Å². The smallest absolute Gasteiger partial charge is 0.224 e. The summed E-state index contributed by atoms with van der Waals surface area (Å²) < 4.78 is 12.8. The highest BCUT2D eigenvalue weighted by atomic mass is 16.7. The van der Waals surface area contributed by atoms with Crippen LogP contribution in [0.25, 0.3) is 0 Å². The minimum absolute atomic E-state index is 0.00784. The molecule has 0 aromatic heterocycles. The lowest BCUT2D eigenvalue weighted by molar-refractivity contribution is -0.252. The molecule has 2 aliphatic heterocycles. The molecule has 0 bridgehead atoms. The highest BCUT2D eigenvalue weighted by Gasteiger charge is 2.34.